The van der Waals surface area contributed by atoms with Gasteiger partial charge in [-0.2, -0.15) is 0 Å². The molecule has 2 N–H and O–H groups in total. The van der Waals surface area contributed by atoms with Crippen molar-refractivity contribution in [2.24, 2.45) is 0 Å². The molecule has 2 heterocycles. The molecule has 12 heteroatoms. The fourth-order valence-corrected chi connectivity index (χ4v) is 4.66. The molecule has 1 saturated heterocycles. The molecule has 0 spiro atoms. The van der Waals surface area contributed by atoms with Crippen molar-refractivity contribution in [3.8, 4) is 5.75 Å². The number of hydrogen-bond acceptors (Lipinski definition) is 8. The van der Waals surface area contributed by atoms with Gasteiger partial charge in [-0.3, -0.25) is 14.9 Å². The van der Waals surface area contributed by atoms with E-state index in [4.69, 9.17) is 25.8 Å². The quantitative estimate of drug-likeness (QED) is 0.422. The maximum atomic E-state index is 13.0. The minimum atomic E-state index is -1.19. The average Bonchev–Trinajstić information content (AvgIpc) is 2.75. The number of nitrogens with zero attached hydrogens (tertiary/aromatic N) is 1. The summed E-state index contributed by atoms with van der Waals surface area (Å²) in [6, 6.07) is 4.64. The van der Waals surface area contributed by atoms with Crippen LogP contribution in [-0.4, -0.2) is 65.0 Å². The summed E-state index contributed by atoms with van der Waals surface area (Å²) >= 11 is 7.20. The number of alkyl carbamates (subject to hydrolysis) is 1. The minimum absolute atomic E-state index is 0.138. The monoisotopic (exact) mass is 511 g/mol. The fraction of sp³-hybridized carbons (Fsp3) is 0.455. The van der Waals surface area contributed by atoms with Crippen molar-refractivity contribution in [2.75, 3.05) is 13.2 Å². The van der Waals surface area contributed by atoms with E-state index < -0.39 is 46.9 Å². The van der Waals surface area contributed by atoms with E-state index in [0.29, 0.717) is 10.8 Å². The summed E-state index contributed by atoms with van der Waals surface area (Å²) in [6.45, 7) is 6.53. The number of ether oxygens (including phenoxy) is 3. The zero-order valence-corrected chi connectivity index (χ0v) is 20.7. The molecule has 0 bridgehead atoms. The van der Waals surface area contributed by atoms with Gasteiger partial charge in [0.1, 0.15) is 22.8 Å². The summed E-state index contributed by atoms with van der Waals surface area (Å²) in [5.74, 6) is -1.38. The number of para-hydroxylation sites is 1. The minimum Gasteiger partial charge on any atom is -0.482 e. The Balaban J connectivity index is 1.70. The molecule has 0 aliphatic carbocycles. The molecule has 0 aromatic heterocycles. The molecule has 3 rings (SSSR count). The summed E-state index contributed by atoms with van der Waals surface area (Å²) in [6.07, 6.45) is -0.754. The van der Waals surface area contributed by atoms with Crippen LogP contribution in [0.3, 0.4) is 0 Å². The lowest BCUT2D eigenvalue weighted by Gasteiger charge is -2.51. The molecule has 184 valence electrons. The Morgan fingerprint density at radius 1 is 1.21 bits per heavy atom. The smallest absolute Gasteiger partial charge is 0.411 e. The van der Waals surface area contributed by atoms with Gasteiger partial charge in [0.2, 0.25) is 5.91 Å². The van der Waals surface area contributed by atoms with E-state index >= 15 is 0 Å². The Kier molecular flexibility index (Phi) is 7.98. The number of nitrogens with one attached hydrogen (secondary N) is 2. The largest absolute Gasteiger partial charge is 0.482 e. The summed E-state index contributed by atoms with van der Waals surface area (Å²) in [5.41, 5.74) is -0.654. The van der Waals surface area contributed by atoms with Crippen LogP contribution in [0.1, 0.15) is 27.7 Å². The van der Waals surface area contributed by atoms with Gasteiger partial charge in [0.05, 0.1) is 17.3 Å². The van der Waals surface area contributed by atoms with Crippen LogP contribution < -0.4 is 15.4 Å². The van der Waals surface area contributed by atoms with Gasteiger partial charge in [0.25, 0.3) is 5.91 Å². The number of β-lactam (4-membered cyclic amide) rings is 1. The first-order valence-corrected chi connectivity index (χ1v) is 11.8. The number of carbonyl (C=O) groups excluding carboxylic acids is 4. The maximum absolute atomic E-state index is 13.0. The standard InChI is InChI=1S/C22H26ClN3O7S/c1-5-31-21(30)24-13-11-34-19-16(18(28)26(19)17(13)20(29)33-22(2,3)4)25-15(27)10-32-14-9-7-6-8-12(14)23/h6-9,11,16-17,19H,5,10H2,1-4H3,(H,24,30)(H,25,27)/t16?,17?,19-/m1/s1. The van der Waals surface area contributed by atoms with Crippen molar-refractivity contribution >= 4 is 47.2 Å². The van der Waals surface area contributed by atoms with Crippen LogP contribution in [0.5, 0.6) is 5.75 Å². The van der Waals surface area contributed by atoms with Crippen LogP contribution >= 0.6 is 23.4 Å². The third-order valence-electron chi connectivity index (χ3n) is 4.65. The summed E-state index contributed by atoms with van der Waals surface area (Å²) in [7, 11) is 0. The third kappa shape index (κ3) is 5.95. The van der Waals surface area contributed by atoms with Gasteiger partial charge in [-0.05, 0) is 45.2 Å². The predicted molar refractivity (Wildman–Crippen MR) is 125 cm³/mol. The number of thioether (sulfide) groups is 1. The van der Waals surface area contributed by atoms with E-state index in [-0.39, 0.29) is 18.9 Å². The Hall–Kier alpha value is -2.92. The second-order valence-corrected chi connectivity index (χ2v) is 9.79. The first-order chi connectivity index (χ1) is 16.0. The molecule has 10 nitrogen and oxygen atoms in total. The first kappa shape index (κ1) is 25.7. The highest BCUT2D eigenvalue weighted by Gasteiger charge is 2.57. The Labute approximate surface area is 206 Å². The van der Waals surface area contributed by atoms with Gasteiger partial charge in [-0.15, -0.1) is 11.8 Å². The van der Waals surface area contributed by atoms with Crippen molar-refractivity contribution in [2.45, 2.75) is 50.8 Å². The Morgan fingerprint density at radius 2 is 1.91 bits per heavy atom. The molecule has 3 atom stereocenters. The van der Waals surface area contributed by atoms with Crippen LogP contribution in [0.2, 0.25) is 5.02 Å². The van der Waals surface area contributed by atoms with E-state index in [9.17, 15) is 19.2 Å². The topological polar surface area (TPSA) is 123 Å². The molecule has 1 fully saturated rings. The molecule has 34 heavy (non-hydrogen) atoms. The second-order valence-electron chi connectivity index (χ2n) is 8.39. The molecule has 3 amide bonds. The van der Waals surface area contributed by atoms with E-state index in [2.05, 4.69) is 10.6 Å². The summed E-state index contributed by atoms with van der Waals surface area (Å²) in [5, 5.41) is 6.48. The van der Waals surface area contributed by atoms with Gasteiger partial charge >= 0.3 is 12.1 Å². The molecule has 2 aliphatic heterocycles. The predicted octanol–water partition coefficient (Wildman–Crippen LogP) is 2.42. The zero-order valence-electron chi connectivity index (χ0n) is 19.1. The number of rotatable bonds is 7. The van der Waals surface area contributed by atoms with Gasteiger partial charge < -0.3 is 24.4 Å². The van der Waals surface area contributed by atoms with Crippen LogP contribution in [-0.2, 0) is 23.9 Å². The van der Waals surface area contributed by atoms with Gasteiger partial charge in [0.15, 0.2) is 12.6 Å². The Morgan fingerprint density at radius 3 is 2.56 bits per heavy atom. The van der Waals surface area contributed by atoms with Crippen molar-refractivity contribution in [1.82, 2.24) is 15.5 Å². The molecule has 2 unspecified atom stereocenters. The second kappa shape index (κ2) is 10.6. The molecule has 0 saturated carbocycles. The van der Waals surface area contributed by atoms with E-state index in [0.717, 1.165) is 0 Å². The SMILES string of the molecule is CCOC(=O)NC1=CS[C@@H]2C(NC(=O)COc3ccccc3Cl)C(=O)N2C1C(=O)OC(C)(C)C. The van der Waals surface area contributed by atoms with E-state index in [1.54, 1.807) is 57.4 Å². The molecule has 1 aromatic carbocycles. The lowest BCUT2D eigenvalue weighted by atomic mass is 10.0. The van der Waals surface area contributed by atoms with Crippen molar-refractivity contribution < 1.29 is 33.4 Å². The molecule has 1 aromatic rings. The molecule has 2 aliphatic rings. The highest BCUT2D eigenvalue weighted by atomic mass is 35.5. The van der Waals surface area contributed by atoms with Crippen LogP contribution in [0.15, 0.2) is 35.4 Å². The summed E-state index contributed by atoms with van der Waals surface area (Å²) in [4.78, 5) is 51.5. The first-order valence-electron chi connectivity index (χ1n) is 10.5. The van der Waals surface area contributed by atoms with Crippen molar-refractivity contribution in [3.05, 3.63) is 40.4 Å². The highest BCUT2D eigenvalue weighted by Crippen LogP contribution is 2.40. The zero-order chi connectivity index (χ0) is 25.0. The van der Waals surface area contributed by atoms with Crippen LogP contribution in [0.25, 0.3) is 0 Å². The van der Waals surface area contributed by atoms with Gasteiger partial charge in [-0.25, -0.2) is 9.59 Å². The molecule has 0 radical (unpaired) electrons. The van der Waals surface area contributed by atoms with E-state index in [1.165, 1.54) is 16.7 Å². The van der Waals surface area contributed by atoms with Gasteiger partial charge in [0, 0.05) is 0 Å². The van der Waals surface area contributed by atoms with Crippen LogP contribution in [0.4, 0.5) is 4.79 Å². The molecular weight excluding hydrogens is 486 g/mol. The number of amides is 3. The highest BCUT2D eigenvalue weighted by molar-refractivity contribution is 8.02. The number of hydrogen-bond donors (Lipinski definition) is 2. The van der Waals surface area contributed by atoms with Crippen molar-refractivity contribution in [3.63, 3.8) is 0 Å². The lowest BCUT2D eigenvalue weighted by molar-refractivity contribution is -0.170. The van der Waals surface area contributed by atoms with E-state index in [1.807, 2.05) is 0 Å². The third-order valence-corrected chi connectivity index (χ3v) is 6.13. The fourth-order valence-electron chi connectivity index (χ4n) is 3.30. The number of benzene rings is 1. The van der Waals surface area contributed by atoms with Crippen LogP contribution in [0, 0.1) is 0 Å². The molecular formula is C22H26ClN3O7S. The number of esters is 1. The van der Waals surface area contributed by atoms with Crippen molar-refractivity contribution in [1.29, 1.82) is 0 Å². The average molecular weight is 512 g/mol. The number of carbonyl (C=O) groups is 4. The van der Waals surface area contributed by atoms with Gasteiger partial charge in [-0.1, -0.05) is 23.7 Å². The summed E-state index contributed by atoms with van der Waals surface area (Å²) < 4.78 is 15.8. The maximum Gasteiger partial charge on any atom is 0.411 e. The lowest BCUT2D eigenvalue weighted by Crippen LogP contribution is -2.75. The normalized spacial score (nSPS) is 21.4. The number of halogens is 1. The number of fused-ring (bicyclic) bond motifs is 1. The Bertz CT molecular complexity index is 1010.